The molecule has 0 bridgehead atoms. The molecule has 100 valence electrons. The summed E-state index contributed by atoms with van der Waals surface area (Å²) >= 11 is 5.70. The lowest BCUT2D eigenvalue weighted by Crippen LogP contribution is -2.37. The third kappa shape index (κ3) is 2.15. The van der Waals surface area contributed by atoms with Crippen molar-refractivity contribution in [2.75, 3.05) is 6.54 Å². The van der Waals surface area contributed by atoms with Crippen LogP contribution in [0.15, 0.2) is 24.3 Å². The largest absolute Gasteiger partial charge is 0.805 e. The molecule has 1 amide bonds. The molecule has 0 saturated heterocycles. The van der Waals surface area contributed by atoms with Gasteiger partial charge in [0.2, 0.25) is 0 Å². The lowest BCUT2D eigenvalue weighted by atomic mass is 10.2. The Balaban J connectivity index is 2.86. The molecule has 0 fully saturated rings. The van der Waals surface area contributed by atoms with Crippen molar-refractivity contribution in [3.63, 3.8) is 0 Å². The number of hydrogen-bond donors (Lipinski definition) is 1. The second-order valence-electron chi connectivity index (χ2n) is 3.87. The van der Waals surface area contributed by atoms with E-state index < -0.39 is 5.91 Å². The van der Waals surface area contributed by atoms with Gasteiger partial charge >= 0.3 is 11.6 Å². The van der Waals surface area contributed by atoms with Crippen molar-refractivity contribution >= 4 is 28.5 Å². The Hall–Kier alpha value is -2.08. The van der Waals surface area contributed by atoms with Crippen molar-refractivity contribution in [2.24, 2.45) is 0 Å². The molecule has 2 aromatic rings. The molecular formula is C12H12ClN3O3. The minimum absolute atomic E-state index is 0.0543. The number of benzene rings is 1. The highest BCUT2D eigenvalue weighted by molar-refractivity contribution is 6.17. The molecule has 6 nitrogen and oxygen atoms in total. The fraction of sp³-hybridized carbons (Fsp3) is 0.250. The topological polar surface area (TPSA) is 80.1 Å². The van der Waals surface area contributed by atoms with Gasteiger partial charge in [-0.1, -0.05) is 12.1 Å². The number of para-hydroxylation sites is 2. The summed E-state index contributed by atoms with van der Waals surface area (Å²) < 4.78 is 0.980. The van der Waals surface area contributed by atoms with Crippen LogP contribution in [-0.4, -0.2) is 17.2 Å². The molecule has 0 aliphatic rings. The van der Waals surface area contributed by atoms with Crippen LogP contribution in [0.4, 0.5) is 0 Å². The lowest BCUT2D eigenvalue weighted by Gasteiger charge is -2.17. The van der Waals surface area contributed by atoms with Gasteiger partial charge < -0.3 is 15.3 Å². The molecule has 0 unspecified atom stereocenters. The molecule has 19 heavy (non-hydrogen) atoms. The highest BCUT2D eigenvalue weighted by Crippen LogP contribution is 2.15. The van der Waals surface area contributed by atoms with E-state index in [2.05, 4.69) is 5.32 Å². The Morgan fingerprint density at radius 3 is 2.79 bits per heavy atom. The van der Waals surface area contributed by atoms with E-state index in [0.717, 1.165) is 0 Å². The van der Waals surface area contributed by atoms with Crippen LogP contribution in [0.1, 0.15) is 23.1 Å². The normalized spacial score (nSPS) is 10.6. The van der Waals surface area contributed by atoms with Crippen molar-refractivity contribution < 1.29 is 9.22 Å². The average molecular weight is 282 g/mol. The predicted molar refractivity (Wildman–Crippen MR) is 71.6 cm³/mol. The molecule has 0 atom stereocenters. The fourth-order valence-electron chi connectivity index (χ4n) is 1.87. The van der Waals surface area contributed by atoms with Crippen molar-refractivity contribution in [1.29, 1.82) is 0 Å². The number of carbonyl (C=O) groups is 1. The number of fused-ring (bicyclic) bond motifs is 1. The Morgan fingerprint density at radius 1 is 1.47 bits per heavy atom. The first kappa shape index (κ1) is 13.4. The van der Waals surface area contributed by atoms with Gasteiger partial charge in [-0.15, -0.1) is 11.6 Å². The number of nitrogens with one attached hydrogen (secondary N) is 1. The Morgan fingerprint density at radius 2 is 2.16 bits per heavy atom. The lowest BCUT2D eigenvalue weighted by molar-refractivity contribution is -0.468. The Kier molecular flexibility index (Phi) is 3.71. The summed E-state index contributed by atoms with van der Waals surface area (Å²) in [7, 11) is 0. The Labute approximate surface area is 113 Å². The number of rotatable bonds is 3. The van der Waals surface area contributed by atoms with E-state index in [9.17, 15) is 14.9 Å². The number of amides is 1. The number of aromatic nitrogens is 2. The molecule has 2 rings (SSSR count). The number of hydrogen-bond acceptors (Lipinski definition) is 3. The summed E-state index contributed by atoms with van der Waals surface area (Å²) in [5.74, 6) is -0.827. The molecule has 0 aliphatic carbocycles. The minimum Gasteiger partial charge on any atom is -0.805 e. The fourth-order valence-corrected chi connectivity index (χ4v) is 2.11. The van der Waals surface area contributed by atoms with E-state index >= 15 is 0 Å². The SMILES string of the molecule is CCNC(=O)c1c(CCl)n([O-])c2ccccc2[n+]1=O. The Bertz CT molecular complexity index is 696. The summed E-state index contributed by atoms with van der Waals surface area (Å²) in [5, 5.41) is 14.6. The summed E-state index contributed by atoms with van der Waals surface area (Å²) in [6, 6.07) is 6.25. The summed E-state index contributed by atoms with van der Waals surface area (Å²) in [5.41, 5.74) is 0.000634. The second-order valence-corrected chi connectivity index (χ2v) is 4.13. The maximum absolute atomic E-state index is 12.2. The summed E-state index contributed by atoms with van der Waals surface area (Å²) in [6.45, 7) is 2.08. The smallest absolute Gasteiger partial charge is 0.347 e. The molecule has 1 aromatic heterocycles. The van der Waals surface area contributed by atoms with Crippen LogP contribution in [0.5, 0.6) is 0 Å². The highest BCUT2D eigenvalue weighted by Gasteiger charge is 2.27. The maximum atomic E-state index is 12.2. The van der Waals surface area contributed by atoms with E-state index in [1.807, 2.05) is 0 Å². The van der Waals surface area contributed by atoms with Gasteiger partial charge in [0.1, 0.15) is 11.2 Å². The van der Waals surface area contributed by atoms with Crippen LogP contribution in [-0.2, 0) is 5.88 Å². The number of nitrogens with zero attached hydrogens (tertiary/aromatic N) is 2. The standard InChI is InChI=1S/C12H12ClN3O3/c1-2-14-12(17)11-10(7-13)15(18)8-5-3-4-6-9(8)16(11)19/h3-6H,2,7H2,1H3,(H,14,17). The van der Waals surface area contributed by atoms with Crippen LogP contribution < -0.4 is 9.74 Å². The monoisotopic (exact) mass is 281 g/mol. The van der Waals surface area contributed by atoms with E-state index in [1.54, 1.807) is 19.1 Å². The van der Waals surface area contributed by atoms with Gasteiger partial charge in [0.25, 0.3) is 5.52 Å². The summed E-state index contributed by atoms with van der Waals surface area (Å²) in [4.78, 5) is 24.1. The number of carbonyl (C=O) groups excluding carboxylic acids is 1. The van der Waals surface area contributed by atoms with Crippen LogP contribution in [0, 0.1) is 10.1 Å². The van der Waals surface area contributed by atoms with Gasteiger partial charge in [-0.05, 0) is 13.0 Å². The molecular weight excluding hydrogens is 270 g/mol. The molecule has 0 saturated carbocycles. The van der Waals surface area contributed by atoms with E-state index in [0.29, 0.717) is 15.7 Å². The maximum Gasteiger partial charge on any atom is 0.347 e. The third-order valence-corrected chi connectivity index (χ3v) is 2.97. The molecule has 0 spiro atoms. The third-order valence-electron chi connectivity index (χ3n) is 2.72. The van der Waals surface area contributed by atoms with Crippen molar-refractivity contribution in [3.8, 4) is 0 Å². The van der Waals surface area contributed by atoms with Gasteiger partial charge in [-0.3, -0.25) is 4.79 Å². The van der Waals surface area contributed by atoms with Crippen molar-refractivity contribution in [1.82, 2.24) is 10.0 Å². The van der Waals surface area contributed by atoms with E-state index in [4.69, 9.17) is 11.6 Å². The zero-order valence-corrected chi connectivity index (χ0v) is 11.0. The van der Waals surface area contributed by atoms with Gasteiger partial charge in [-0.25, -0.2) is 0 Å². The van der Waals surface area contributed by atoms with E-state index in [1.165, 1.54) is 12.1 Å². The predicted octanol–water partition coefficient (Wildman–Crippen LogP) is 1.39. The van der Waals surface area contributed by atoms with Gasteiger partial charge in [0, 0.05) is 17.5 Å². The van der Waals surface area contributed by atoms with E-state index in [-0.39, 0.29) is 28.3 Å². The summed E-state index contributed by atoms with van der Waals surface area (Å²) in [6.07, 6.45) is 0. The molecule has 0 radical (unpaired) electrons. The number of alkyl halides is 1. The highest BCUT2D eigenvalue weighted by atomic mass is 35.5. The van der Waals surface area contributed by atoms with Crippen molar-refractivity contribution in [3.05, 3.63) is 45.8 Å². The number of halogens is 1. The molecule has 0 aliphatic heterocycles. The molecule has 7 heteroatoms. The van der Waals surface area contributed by atoms with Gasteiger partial charge in [0.05, 0.1) is 10.3 Å². The molecule has 1 N–H and O–H groups in total. The average Bonchev–Trinajstić information content (AvgIpc) is 2.42. The second kappa shape index (κ2) is 5.27. The minimum atomic E-state index is -0.608. The zero-order valence-electron chi connectivity index (χ0n) is 10.2. The molecule has 1 aromatic carbocycles. The van der Waals surface area contributed by atoms with Gasteiger partial charge in [0.15, 0.2) is 0 Å². The first-order valence-electron chi connectivity index (χ1n) is 5.72. The quantitative estimate of drug-likeness (QED) is 0.682. The molecule has 1 heterocycles. The van der Waals surface area contributed by atoms with Crippen LogP contribution >= 0.6 is 11.6 Å². The van der Waals surface area contributed by atoms with Crippen LogP contribution in [0.2, 0.25) is 0 Å². The first-order chi connectivity index (χ1) is 9.11. The first-order valence-corrected chi connectivity index (χ1v) is 6.26. The van der Waals surface area contributed by atoms with Gasteiger partial charge in [-0.2, -0.15) is 0 Å². The van der Waals surface area contributed by atoms with Crippen LogP contribution in [0.3, 0.4) is 0 Å². The zero-order chi connectivity index (χ0) is 14.0. The van der Waals surface area contributed by atoms with Crippen molar-refractivity contribution in [2.45, 2.75) is 12.8 Å². The van der Waals surface area contributed by atoms with Crippen LogP contribution in [0.25, 0.3) is 11.0 Å².